The molecule has 0 aliphatic rings. The summed E-state index contributed by atoms with van der Waals surface area (Å²) < 4.78 is 13.7. The zero-order valence-electron chi connectivity index (χ0n) is 13.5. The van der Waals surface area contributed by atoms with Crippen molar-refractivity contribution in [3.8, 4) is 0 Å². The van der Waals surface area contributed by atoms with Crippen LogP contribution < -0.4 is 10.5 Å². The minimum atomic E-state index is -2.03. The van der Waals surface area contributed by atoms with E-state index in [-0.39, 0.29) is 5.82 Å². The maximum absolute atomic E-state index is 13.7. The van der Waals surface area contributed by atoms with Crippen LogP contribution in [0, 0.1) is 12.7 Å². The van der Waals surface area contributed by atoms with E-state index in [1.807, 2.05) is 31.3 Å². The Morgan fingerprint density at radius 1 is 1.00 bits per heavy atom. The zero-order valence-corrected chi connectivity index (χ0v) is 14.5. The van der Waals surface area contributed by atoms with Crippen LogP contribution in [0.3, 0.4) is 0 Å². The Morgan fingerprint density at radius 2 is 1.67 bits per heavy atom. The van der Waals surface area contributed by atoms with Crippen molar-refractivity contribution in [3.05, 3.63) is 54.0 Å². The molecule has 0 radical (unpaired) electrons. The van der Waals surface area contributed by atoms with E-state index in [0.717, 1.165) is 5.56 Å². The number of hydrogen-bond donors (Lipinski definition) is 0. The standard InChI is InChI=1S/C18H24FNSi/c1-13(2)21(14(3)4,18-8-6-7-11-20-18)16-9-10-17(19)15(5)12-16/h6-14H,1-5H3. The molecule has 0 N–H and O–H groups in total. The van der Waals surface area contributed by atoms with Crippen LogP contribution in [0.5, 0.6) is 0 Å². The smallest absolute Gasteiger partial charge is 0.146 e. The average molecular weight is 301 g/mol. The van der Waals surface area contributed by atoms with Gasteiger partial charge in [0.15, 0.2) is 0 Å². The summed E-state index contributed by atoms with van der Waals surface area (Å²) in [5.41, 5.74) is 1.72. The van der Waals surface area contributed by atoms with Gasteiger partial charge in [0.25, 0.3) is 0 Å². The molecule has 21 heavy (non-hydrogen) atoms. The molecule has 0 unspecified atom stereocenters. The summed E-state index contributed by atoms with van der Waals surface area (Å²) in [5.74, 6) is -0.129. The number of rotatable bonds is 4. The third-order valence-electron chi connectivity index (χ3n) is 4.55. The normalized spacial score (nSPS) is 12.2. The van der Waals surface area contributed by atoms with E-state index in [1.54, 1.807) is 6.07 Å². The van der Waals surface area contributed by atoms with Crippen molar-refractivity contribution in [2.24, 2.45) is 0 Å². The summed E-state index contributed by atoms with van der Waals surface area (Å²) in [7, 11) is -2.03. The molecular weight excluding hydrogens is 277 g/mol. The lowest BCUT2D eigenvalue weighted by Crippen LogP contribution is -2.63. The predicted octanol–water partition coefficient (Wildman–Crippen LogP) is 3.91. The van der Waals surface area contributed by atoms with Crippen molar-refractivity contribution in [3.63, 3.8) is 0 Å². The second kappa shape index (κ2) is 6.10. The number of benzene rings is 1. The Morgan fingerprint density at radius 3 is 2.14 bits per heavy atom. The minimum absolute atomic E-state index is 0.129. The number of aromatic nitrogens is 1. The molecule has 3 heteroatoms. The van der Waals surface area contributed by atoms with Crippen molar-refractivity contribution in [1.82, 2.24) is 4.98 Å². The van der Waals surface area contributed by atoms with Gasteiger partial charge in [0.1, 0.15) is 13.9 Å². The molecule has 0 fully saturated rings. The lowest BCUT2D eigenvalue weighted by atomic mass is 10.2. The summed E-state index contributed by atoms with van der Waals surface area (Å²) in [4.78, 5) is 4.69. The van der Waals surface area contributed by atoms with Crippen molar-refractivity contribution in [2.75, 3.05) is 0 Å². The third kappa shape index (κ3) is 2.67. The molecule has 2 aromatic rings. The lowest BCUT2D eigenvalue weighted by Gasteiger charge is -2.39. The van der Waals surface area contributed by atoms with Gasteiger partial charge in [-0.2, -0.15) is 0 Å². The fraction of sp³-hybridized carbons (Fsp3) is 0.389. The first-order valence-corrected chi connectivity index (χ1v) is 9.74. The molecule has 0 saturated carbocycles. The van der Waals surface area contributed by atoms with E-state index in [2.05, 4.69) is 39.8 Å². The van der Waals surface area contributed by atoms with E-state index >= 15 is 0 Å². The maximum Gasteiger partial charge on any atom is 0.146 e. The van der Waals surface area contributed by atoms with Crippen molar-refractivity contribution >= 4 is 18.6 Å². The molecule has 112 valence electrons. The first-order chi connectivity index (χ1) is 9.90. The Labute approximate surface area is 128 Å². The topological polar surface area (TPSA) is 12.9 Å². The summed E-state index contributed by atoms with van der Waals surface area (Å²) in [5, 5.41) is 2.48. The van der Waals surface area contributed by atoms with Crippen LogP contribution in [0.15, 0.2) is 42.6 Å². The molecule has 0 bridgehead atoms. The van der Waals surface area contributed by atoms with Gasteiger partial charge >= 0.3 is 0 Å². The summed E-state index contributed by atoms with van der Waals surface area (Å²) in [6.45, 7) is 11.0. The second-order valence-corrected chi connectivity index (χ2v) is 11.5. The van der Waals surface area contributed by atoms with Gasteiger partial charge < -0.3 is 0 Å². The van der Waals surface area contributed by atoms with Crippen LogP contribution in [0.4, 0.5) is 4.39 Å². The monoisotopic (exact) mass is 301 g/mol. The number of halogens is 1. The first-order valence-electron chi connectivity index (χ1n) is 7.58. The van der Waals surface area contributed by atoms with Gasteiger partial charge in [-0.1, -0.05) is 51.1 Å². The molecule has 0 spiro atoms. The van der Waals surface area contributed by atoms with Crippen LogP contribution in [-0.4, -0.2) is 13.1 Å². The highest BCUT2D eigenvalue weighted by atomic mass is 28.3. The summed E-state index contributed by atoms with van der Waals surface area (Å²) >= 11 is 0. The maximum atomic E-state index is 13.7. The Kier molecular flexibility index (Phi) is 4.62. The van der Waals surface area contributed by atoms with E-state index in [1.165, 1.54) is 10.5 Å². The SMILES string of the molecule is Cc1cc([Si](c2ccccn2)(C(C)C)C(C)C)ccc1F. The Balaban J connectivity index is 2.74. The summed E-state index contributed by atoms with van der Waals surface area (Å²) in [6.07, 6.45) is 1.87. The molecule has 0 amide bonds. The van der Waals surface area contributed by atoms with E-state index in [9.17, 15) is 4.39 Å². The molecule has 1 aromatic heterocycles. The zero-order chi connectivity index (χ0) is 15.6. The van der Waals surface area contributed by atoms with E-state index < -0.39 is 8.07 Å². The van der Waals surface area contributed by atoms with Crippen LogP contribution >= 0.6 is 0 Å². The Hall–Kier alpha value is -1.48. The molecule has 1 heterocycles. The molecule has 1 aromatic carbocycles. The molecule has 0 aliphatic heterocycles. The molecule has 1 nitrogen and oxygen atoms in total. The molecular formula is C18H24FNSi. The molecule has 0 aliphatic carbocycles. The van der Waals surface area contributed by atoms with Gasteiger partial charge in [0.2, 0.25) is 0 Å². The van der Waals surface area contributed by atoms with Crippen LogP contribution in [-0.2, 0) is 0 Å². The molecule has 0 saturated heterocycles. The van der Waals surface area contributed by atoms with Gasteiger partial charge in [-0.25, -0.2) is 4.39 Å². The minimum Gasteiger partial charge on any atom is -0.266 e. The second-order valence-electron chi connectivity index (χ2n) is 6.36. The van der Waals surface area contributed by atoms with Gasteiger partial charge in [-0.3, -0.25) is 4.98 Å². The van der Waals surface area contributed by atoms with Crippen molar-refractivity contribution in [1.29, 1.82) is 0 Å². The fourth-order valence-electron chi connectivity index (χ4n) is 3.58. The van der Waals surface area contributed by atoms with Crippen LogP contribution in [0.2, 0.25) is 11.1 Å². The van der Waals surface area contributed by atoms with Gasteiger partial charge in [0.05, 0.1) is 0 Å². The van der Waals surface area contributed by atoms with Crippen molar-refractivity contribution in [2.45, 2.75) is 45.7 Å². The van der Waals surface area contributed by atoms with Gasteiger partial charge in [-0.15, -0.1) is 0 Å². The van der Waals surface area contributed by atoms with Gasteiger partial charge in [-0.05, 0) is 41.8 Å². The fourth-order valence-corrected chi connectivity index (χ4v) is 9.20. The highest BCUT2D eigenvalue weighted by molar-refractivity contribution is 7.03. The highest BCUT2D eigenvalue weighted by Gasteiger charge is 2.44. The third-order valence-corrected chi connectivity index (χ3v) is 10.6. The Bertz CT molecular complexity index is 600. The number of aryl methyl sites for hydroxylation is 1. The van der Waals surface area contributed by atoms with E-state index in [0.29, 0.717) is 11.1 Å². The summed E-state index contributed by atoms with van der Waals surface area (Å²) in [6, 6.07) is 11.8. The number of pyridine rings is 1. The van der Waals surface area contributed by atoms with Crippen molar-refractivity contribution < 1.29 is 4.39 Å². The van der Waals surface area contributed by atoms with Crippen LogP contribution in [0.1, 0.15) is 33.3 Å². The number of hydrogen-bond acceptors (Lipinski definition) is 1. The van der Waals surface area contributed by atoms with E-state index in [4.69, 9.17) is 4.98 Å². The highest BCUT2D eigenvalue weighted by Crippen LogP contribution is 2.31. The van der Waals surface area contributed by atoms with Crippen LogP contribution in [0.25, 0.3) is 0 Å². The first kappa shape index (κ1) is 15.9. The average Bonchev–Trinajstić information content (AvgIpc) is 2.44. The lowest BCUT2D eigenvalue weighted by molar-refractivity contribution is 0.619. The predicted molar refractivity (Wildman–Crippen MR) is 90.6 cm³/mol. The van der Waals surface area contributed by atoms with Gasteiger partial charge in [0, 0.05) is 11.5 Å². The molecule has 0 atom stereocenters. The largest absolute Gasteiger partial charge is 0.266 e. The quantitative estimate of drug-likeness (QED) is 0.780. The number of nitrogens with zero attached hydrogens (tertiary/aromatic N) is 1. The molecule has 2 rings (SSSR count).